The maximum absolute atomic E-state index is 12.3. The van der Waals surface area contributed by atoms with Crippen LogP contribution < -0.4 is 0 Å². The topological polar surface area (TPSA) is 98.0 Å². The molecule has 0 aliphatic heterocycles. The number of unbranched alkanes of at least 4 members (excludes halogenated alkanes) is 2. The largest absolute Gasteiger partial charge is 0.478 e. The van der Waals surface area contributed by atoms with Gasteiger partial charge in [0, 0.05) is 31.8 Å². The number of carboxylic acids is 1. The molecular formula is C24H28N4O3. The van der Waals surface area contributed by atoms with Crippen molar-refractivity contribution in [1.29, 1.82) is 0 Å². The van der Waals surface area contributed by atoms with E-state index in [1.807, 2.05) is 35.9 Å². The van der Waals surface area contributed by atoms with Gasteiger partial charge in [-0.25, -0.2) is 14.5 Å². The molecule has 0 bridgehead atoms. The Bertz CT molecular complexity index is 1040. The summed E-state index contributed by atoms with van der Waals surface area (Å²) in [5.41, 5.74) is 2.63. The van der Waals surface area contributed by atoms with E-state index < -0.39 is 5.97 Å². The Labute approximate surface area is 182 Å². The molecule has 3 rings (SSSR count). The van der Waals surface area contributed by atoms with E-state index in [1.165, 1.54) is 6.20 Å². The first-order valence-electron chi connectivity index (χ1n) is 10.8. The van der Waals surface area contributed by atoms with Crippen molar-refractivity contribution >= 4 is 11.8 Å². The third-order valence-corrected chi connectivity index (χ3v) is 5.13. The fourth-order valence-electron chi connectivity index (χ4n) is 3.45. The first-order chi connectivity index (χ1) is 15.0. The number of pyridine rings is 1. The van der Waals surface area contributed by atoms with Crippen molar-refractivity contribution in [3.8, 4) is 11.1 Å². The van der Waals surface area contributed by atoms with Gasteiger partial charge < -0.3 is 5.11 Å². The number of nitrogens with zero attached hydrogens (tertiary/aromatic N) is 4. The number of carboxylic acid groups (broad SMARTS) is 1. The van der Waals surface area contributed by atoms with Crippen molar-refractivity contribution in [3.05, 3.63) is 65.5 Å². The summed E-state index contributed by atoms with van der Waals surface area (Å²) in [5, 5.41) is 13.9. The highest BCUT2D eigenvalue weighted by atomic mass is 16.4. The van der Waals surface area contributed by atoms with E-state index in [-0.39, 0.29) is 11.3 Å². The first-order valence-corrected chi connectivity index (χ1v) is 10.8. The molecule has 3 aromatic rings. The third-order valence-electron chi connectivity index (χ3n) is 5.13. The second-order valence-corrected chi connectivity index (χ2v) is 7.56. The molecule has 2 aromatic heterocycles. The molecule has 0 spiro atoms. The van der Waals surface area contributed by atoms with Crippen molar-refractivity contribution < 1.29 is 14.7 Å². The molecule has 1 N–H and O–H groups in total. The monoisotopic (exact) mass is 420 g/mol. The Kier molecular flexibility index (Phi) is 7.65. The number of aryl methyl sites for hydroxylation is 1. The van der Waals surface area contributed by atoms with Crippen LogP contribution in [0, 0.1) is 0 Å². The van der Waals surface area contributed by atoms with Gasteiger partial charge in [-0.2, -0.15) is 0 Å². The molecule has 0 unspecified atom stereocenters. The number of hydrogen-bond acceptors (Lipinski definition) is 5. The lowest BCUT2D eigenvalue weighted by Crippen LogP contribution is -2.07. The van der Waals surface area contributed by atoms with Gasteiger partial charge in [0.15, 0.2) is 0 Å². The molecule has 0 saturated heterocycles. The fourth-order valence-corrected chi connectivity index (χ4v) is 3.45. The van der Waals surface area contributed by atoms with Gasteiger partial charge in [0.1, 0.15) is 5.82 Å². The molecule has 0 amide bonds. The summed E-state index contributed by atoms with van der Waals surface area (Å²) in [6.07, 6.45) is 7.93. The zero-order valence-electron chi connectivity index (χ0n) is 18.0. The van der Waals surface area contributed by atoms with Gasteiger partial charge in [-0.1, -0.05) is 51.0 Å². The summed E-state index contributed by atoms with van der Waals surface area (Å²) in [5.74, 6) is 0.0511. The lowest BCUT2D eigenvalue weighted by atomic mass is 10.00. The Morgan fingerprint density at radius 1 is 1.03 bits per heavy atom. The minimum absolute atomic E-state index is 0.0211. The number of aromatic nitrogens is 4. The quantitative estimate of drug-likeness (QED) is 0.353. The number of hydrogen-bond donors (Lipinski definition) is 1. The number of benzene rings is 1. The van der Waals surface area contributed by atoms with E-state index >= 15 is 0 Å². The number of Topliss-reactive ketones (excluding diaryl/α,β-unsaturated/α-hetero) is 1. The van der Waals surface area contributed by atoms with Crippen LogP contribution in [-0.2, 0) is 13.0 Å². The minimum Gasteiger partial charge on any atom is -0.478 e. The molecule has 0 aliphatic carbocycles. The summed E-state index contributed by atoms with van der Waals surface area (Å²) >= 11 is 0. The zero-order chi connectivity index (χ0) is 22.2. The van der Waals surface area contributed by atoms with Crippen LogP contribution in [0.2, 0.25) is 0 Å². The second kappa shape index (κ2) is 10.6. The molecule has 2 heterocycles. The number of aromatic carboxylic acids is 1. The number of carbonyl (C=O) groups excluding carboxylic acids is 1. The van der Waals surface area contributed by atoms with E-state index in [1.54, 1.807) is 12.3 Å². The molecule has 7 nitrogen and oxygen atoms in total. The number of carbonyl (C=O) groups is 2. The summed E-state index contributed by atoms with van der Waals surface area (Å²) in [7, 11) is 0. The maximum Gasteiger partial charge on any atom is 0.337 e. The van der Waals surface area contributed by atoms with Gasteiger partial charge in [-0.15, -0.1) is 5.10 Å². The molecule has 7 heteroatoms. The highest BCUT2D eigenvalue weighted by Gasteiger charge is 2.16. The van der Waals surface area contributed by atoms with Crippen molar-refractivity contribution in [2.24, 2.45) is 0 Å². The van der Waals surface area contributed by atoms with Crippen LogP contribution in [0.4, 0.5) is 0 Å². The Hall–Kier alpha value is -3.35. The van der Waals surface area contributed by atoms with Gasteiger partial charge in [-0.3, -0.25) is 9.78 Å². The zero-order valence-corrected chi connectivity index (χ0v) is 18.0. The molecule has 0 fully saturated rings. The standard InChI is InChI=1S/C24H28N4O3/c1-3-5-6-14-28-22(26-23(27-28)21(29)7-4-2)15-17-8-10-18(11-9-17)19-12-13-25-16-20(19)24(30)31/h8-13,16H,3-7,14-15H2,1-2H3,(H,30,31). The molecule has 0 saturated carbocycles. The molecule has 1 aromatic carbocycles. The van der Waals surface area contributed by atoms with Crippen molar-refractivity contribution in [3.63, 3.8) is 0 Å². The predicted molar refractivity (Wildman–Crippen MR) is 118 cm³/mol. The molecular weight excluding hydrogens is 392 g/mol. The van der Waals surface area contributed by atoms with E-state index in [9.17, 15) is 14.7 Å². The Morgan fingerprint density at radius 3 is 2.48 bits per heavy atom. The van der Waals surface area contributed by atoms with Crippen LogP contribution in [0.5, 0.6) is 0 Å². The first kappa shape index (κ1) is 22.3. The van der Waals surface area contributed by atoms with Crippen molar-refractivity contribution in [1.82, 2.24) is 19.7 Å². The van der Waals surface area contributed by atoms with E-state index in [2.05, 4.69) is 22.0 Å². The van der Waals surface area contributed by atoms with Crippen molar-refractivity contribution in [2.75, 3.05) is 0 Å². The summed E-state index contributed by atoms with van der Waals surface area (Å²) in [4.78, 5) is 32.2. The number of rotatable bonds is 11. The SMILES string of the molecule is CCCCCn1nc(C(=O)CCC)nc1Cc1ccc(-c2ccncc2C(=O)O)cc1. The van der Waals surface area contributed by atoms with Gasteiger partial charge >= 0.3 is 5.97 Å². The summed E-state index contributed by atoms with van der Waals surface area (Å²) in [6.45, 7) is 4.86. The van der Waals surface area contributed by atoms with E-state index in [0.717, 1.165) is 49.2 Å². The predicted octanol–water partition coefficient (Wildman–Crippen LogP) is 4.80. The Morgan fingerprint density at radius 2 is 1.81 bits per heavy atom. The highest BCUT2D eigenvalue weighted by molar-refractivity contribution is 5.95. The van der Waals surface area contributed by atoms with Crippen LogP contribution in [0.25, 0.3) is 11.1 Å². The highest BCUT2D eigenvalue weighted by Crippen LogP contribution is 2.24. The fraction of sp³-hybridized carbons (Fsp3) is 0.375. The van der Waals surface area contributed by atoms with Gasteiger partial charge in [-0.05, 0) is 35.6 Å². The lowest BCUT2D eigenvalue weighted by molar-refractivity contribution is 0.0697. The normalized spacial score (nSPS) is 10.9. The molecule has 0 atom stereocenters. The van der Waals surface area contributed by atoms with Crippen LogP contribution >= 0.6 is 0 Å². The summed E-state index contributed by atoms with van der Waals surface area (Å²) in [6, 6.07) is 9.42. The third kappa shape index (κ3) is 5.63. The minimum atomic E-state index is -1.00. The van der Waals surface area contributed by atoms with Crippen molar-refractivity contribution in [2.45, 2.75) is 58.9 Å². The maximum atomic E-state index is 12.3. The van der Waals surface area contributed by atoms with Gasteiger partial charge in [0.05, 0.1) is 5.56 Å². The van der Waals surface area contributed by atoms with Gasteiger partial charge in [0.2, 0.25) is 11.6 Å². The number of ketones is 1. The average molecular weight is 421 g/mol. The molecule has 0 aliphatic rings. The molecule has 0 radical (unpaired) electrons. The van der Waals surface area contributed by atoms with Crippen LogP contribution in [0.1, 0.15) is 78.3 Å². The Balaban J connectivity index is 1.83. The summed E-state index contributed by atoms with van der Waals surface area (Å²) < 4.78 is 1.86. The smallest absolute Gasteiger partial charge is 0.337 e. The molecule has 162 valence electrons. The lowest BCUT2D eigenvalue weighted by Gasteiger charge is -2.08. The second-order valence-electron chi connectivity index (χ2n) is 7.56. The van der Waals surface area contributed by atoms with Crippen LogP contribution in [0.15, 0.2) is 42.7 Å². The van der Waals surface area contributed by atoms with Crippen LogP contribution in [0.3, 0.4) is 0 Å². The van der Waals surface area contributed by atoms with Crippen LogP contribution in [-0.4, -0.2) is 36.6 Å². The van der Waals surface area contributed by atoms with E-state index in [4.69, 9.17) is 0 Å². The molecule has 31 heavy (non-hydrogen) atoms. The van der Waals surface area contributed by atoms with E-state index in [0.29, 0.717) is 24.2 Å². The average Bonchev–Trinajstić information content (AvgIpc) is 3.17. The van der Waals surface area contributed by atoms with Gasteiger partial charge in [0.25, 0.3) is 0 Å².